The Morgan fingerprint density at radius 3 is 2.28 bits per heavy atom. The highest BCUT2D eigenvalue weighted by molar-refractivity contribution is 7.92. The molecule has 3 aromatic rings. The van der Waals surface area contributed by atoms with Crippen molar-refractivity contribution < 1.29 is 17.9 Å². The smallest absolute Gasteiger partial charge is 0.261 e. The molecule has 0 spiro atoms. The number of anilines is 2. The highest BCUT2D eigenvalue weighted by Gasteiger charge is 2.16. The maximum atomic E-state index is 12.8. The van der Waals surface area contributed by atoms with Gasteiger partial charge in [-0.05, 0) is 98.1 Å². The van der Waals surface area contributed by atoms with E-state index in [4.69, 9.17) is 17.0 Å². The van der Waals surface area contributed by atoms with Crippen molar-refractivity contribution in [2.45, 2.75) is 39.0 Å². The molecule has 0 aliphatic heterocycles. The summed E-state index contributed by atoms with van der Waals surface area (Å²) in [5.41, 5.74) is 3.49. The Bertz CT molecular complexity index is 1340. The predicted octanol–water partition coefficient (Wildman–Crippen LogP) is 5.66. The summed E-state index contributed by atoms with van der Waals surface area (Å²) in [7, 11) is -3.76. The predicted molar refractivity (Wildman–Crippen MR) is 148 cm³/mol. The SMILES string of the molecule is Cc1ccc(NS(=O)(=O)c2ccc(NC(=S)NC(=O)c3ccccc3OCCC(C)C)cc2)cc1C. The van der Waals surface area contributed by atoms with E-state index in [-0.39, 0.29) is 10.0 Å². The molecule has 1 amide bonds. The second-order valence-corrected chi connectivity index (χ2v) is 11.0. The zero-order valence-corrected chi connectivity index (χ0v) is 22.4. The molecule has 0 heterocycles. The number of thiocarbonyl (C=S) groups is 1. The Labute approximate surface area is 218 Å². The van der Waals surface area contributed by atoms with Crippen LogP contribution in [-0.2, 0) is 10.0 Å². The Morgan fingerprint density at radius 2 is 1.61 bits per heavy atom. The van der Waals surface area contributed by atoms with E-state index in [0.29, 0.717) is 35.2 Å². The number of hydrogen-bond donors (Lipinski definition) is 3. The lowest BCUT2D eigenvalue weighted by Crippen LogP contribution is -2.34. The molecule has 0 saturated heterocycles. The molecule has 36 heavy (non-hydrogen) atoms. The largest absolute Gasteiger partial charge is 0.493 e. The maximum Gasteiger partial charge on any atom is 0.261 e. The first-order valence-corrected chi connectivity index (χ1v) is 13.5. The zero-order valence-electron chi connectivity index (χ0n) is 20.8. The Morgan fingerprint density at radius 1 is 0.944 bits per heavy atom. The van der Waals surface area contributed by atoms with Crippen molar-refractivity contribution in [2.24, 2.45) is 5.92 Å². The number of carbonyl (C=O) groups excluding carboxylic acids is 1. The number of sulfonamides is 1. The van der Waals surface area contributed by atoms with Gasteiger partial charge in [0.1, 0.15) is 5.75 Å². The molecule has 190 valence electrons. The minimum absolute atomic E-state index is 0.0841. The monoisotopic (exact) mass is 525 g/mol. The Balaban J connectivity index is 1.61. The Hall–Kier alpha value is -3.43. The van der Waals surface area contributed by atoms with Gasteiger partial charge in [-0.25, -0.2) is 8.42 Å². The van der Waals surface area contributed by atoms with Gasteiger partial charge in [-0.3, -0.25) is 14.8 Å². The van der Waals surface area contributed by atoms with Crippen LogP contribution in [0.3, 0.4) is 0 Å². The molecule has 0 radical (unpaired) electrons. The summed E-state index contributed by atoms with van der Waals surface area (Å²) >= 11 is 5.28. The number of para-hydroxylation sites is 1. The average molecular weight is 526 g/mol. The summed E-state index contributed by atoms with van der Waals surface area (Å²) in [5.74, 6) is 0.584. The standard InChI is InChI=1S/C27H31N3O4S2/c1-18(2)15-16-34-25-8-6-5-7-24(25)26(31)29-27(35)28-21-11-13-23(14-12-21)36(32,33)30-22-10-9-19(3)20(4)17-22/h5-14,17-18,30H,15-16H2,1-4H3,(H2,28,29,31,35). The highest BCUT2D eigenvalue weighted by atomic mass is 32.2. The first kappa shape index (κ1) is 27.2. The van der Waals surface area contributed by atoms with Gasteiger partial charge in [0.15, 0.2) is 5.11 Å². The lowest BCUT2D eigenvalue weighted by molar-refractivity contribution is 0.0973. The lowest BCUT2D eigenvalue weighted by Gasteiger charge is -2.14. The van der Waals surface area contributed by atoms with Crippen molar-refractivity contribution in [1.29, 1.82) is 0 Å². The summed E-state index contributed by atoms with van der Waals surface area (Å²) in [4.78, 5) is 12.9. The van der Waals surface area contributed by atoms with E-state index in [2.05, 4.69) is 29.2 Å². The zero-order chi connectivity index (χ0) is 26.3. The Kier molecular flexibility index (Phi) is 9.06. The fourth-order valence-electron chi connectivity index (χ4n) is 3.25. The van der Waals surface area contributed by atoms with Crippen molar-refractivity contribution in [3.05, 3.63) is 83.4 Å². The minimum atomic E-state index is -3.76. The molecule has 3 N–H and O–H groups in total. The van der Waals surface area contributed by atoms with E-state index in [1.165, 1.54) is 12.1 Å². The van der Waals surface area contributed by atoms with Gasteiger partial charge < -0.3 is 10.1 Å². The van der Waals surface area contributed by atoms with Gasteiger partial charge in [0.25, 0.3) is 15.9 Å². The molecule has 9 heteroatoms. The van der Waals surface area contributed by atoms with Crippen LogP contribution in [0.25, 0.3) is 0 Å². The van der Waals surface area contributed by atoms with E-state index < -0.39 is 15.9 Å². The number of aryl methyl sites for hydroxylation is 2. The average Bonchev–Trinajstić information content (AvgIpc) is 2.81. The van der Waals surface area contributed by atoms with Crippen LogP contribution in [0.5, 0.6) is 5.75 Å². The number of ether oxygens (including phenoxy) is 1. The normalized spacial score (nSPS) is 11.1. The van der Waals surface area contributed by atoms with E-state index in [0.717, 1.165) is 17.5 Å². The molecule has 3 rings (SSSR count). The third kappa shape index (κ3) is 7.53. The first-order chi connectivity index (χ1) is 17.0. The highest BCUT2D eigenvalue weighted by Crippen LogP contribution is 2.21. The van der Waals surface area contributed by atoms with Crippen LogP contribution in [0.4, 0.5) is 11.4 Å². The van der Waals surface area contributed by atoms with Gasteiger partial charge >= 0.3 is 0 Å². The molecule has 0 aromatic heterocycles. The summed E-state index contributed by atoms with van der Waals surface area (Å²) in [5, 5.41) is 5.63. The number of amides is 1. The second-order valence-electron chi connectivity index (χ2n) is 8.86. The van der Waals surface area contributed by atoms with Crippen LogP contribution in [0.1, 0.15) is 41.8 Å². The number of nitrogens with one attached hydrogen (secondary N) is 3. The molecule has 0 aliphatic rings. The maximum absolute atomic E-state index is 12.8. The third-order valence-electron chi connectivity index (χ3n) is 5.49. The van der Waals surface area contributed by atoms with Crippen LogP contribution in [0.2, 0.25) is 0 Å². The third-order valence-corrected chi connectivity index (χ3v) is 7.09. The lowest BCUT2D eigenvalue weighted by atomic mass is 10.1. The number of hydrogen-bond acceptors (Lipinski definition) is 5. The molecule has 0 unspecified atom stereocenters. The first-order valence-electron chi connectivity index (χ1n) is 11.6. The van der Waals surface area contributed by atoms with Crippen molar-refractivity contribution in [2.75, 3.05) is 16.6 Å². The van der Waals surface area contributed by atoms with Crippen LogP contribution < -0.4 is 20.1 Å². The van der Waals surface area contributed by atoms with Crippen LogP contribution >= 0.6 is 12.2 Å². The summed E-state index contributed by atoms with van der Waals surface area (Å²) in [6, 6.07) is 18.5. The van der Waals surface area contributed by atoms with Crippen molar-refractivity contribution in [3.63, 3.8) is 0 Å². The summed E-state index contributed by atoms with van der Waals surface area (Å²) in [6.45, 7) is 8.61. The van der Waals surface area contributed by atoms with E-state index in [1.54, 1.807) is 42.5 Å². The van der Waals surface area contributed by atoms with Gasteiger partial charge in [0.2, 0.25) is 0 Å². The molecule has 0 atom stereocenters. The molecule has 3 aromatic carbocycles. The van der Waals surface area contributed by atoms with Gasteiger partial charge in [-0.15, -0.1) is 0 Å². The van der Waals surface area contributed by atoms with E-state index in [1.807, 2.05) is 26.0 Å². The molecule has 0 fully saturated rings. The van der Waals surface area contributed by atoms with Crippen molar-refractivity contribution >= 4 is 44.6 Å². The number of carbonyl (C=O) groups is 1. The topological polar surface area (TPSA) is 96.5 Å². The molecular formula is C27H31N3O4S2. The van der Waals surface area contributed by atoms with Crippen molar-refractivity contribution in [3.8, 4) is 5.75 Å². The molecule has 0 saturated carbocycles. The quantitative estimate of drug-likeness (QED) is 0.312. The fourth-order valence-corrected chi connectivity index (χ4v) is 4.51. The number of rotatable bonds is 9. The van der Waals surface area contributed by atoms with Gasteiger partial charge in [-0.2, -0.15) is 0 Å². The van der Waals surface area contributed by atoms with E-state index in [9.17, 15) is 13.2 Å². The summed E-state index contributed by atoms with van der Waals surface area (Å²) < 4.78 is 33.9. The molecule has 7 nitrogen and oxygen atoms in total. The molecule has 0 aliphatic carbocycles. The fraction of sp³-hybridized carbons (Fsp3) is 0.259. The molecule has 0 bridgehead atoms. The minimum Gasteiger partial charge on any atom is -0.493 e. The van der Waals surface area contributed by atoms with Crippen LogP contribution in [0.15, 0.2) is 71.6 Å². The second kappa shape index (κ2) is 12.0. The number of benzene rings is 3. The van der Waals surface area contributed by atoms with E-state index >= 15 is 0 Å². The van der Waals surface area contributed by atoms with Gasteiger partial charge in [0.05, 0.1) is 17.1 Å². The van der Waals surface area contributed by atoms with Crippen molar-refractivity contribution in [1.82, 2.24) is 5.32 Å². The van der Waals surface area contributed by atoms with Crippen LogP contribution in [-0.4, -0.2) is 26.0 Å². The van der Waals surface area contributed by atoms with Gasteiger partial charge in [-0.1, -0.05) is 32.0 Å². The van der Waals surface area contributed by atoms with Gasteiger partial charge in [0, 0.05) is 11.4 Å². The van der Waals surface area contributed by atoms with Crippen LogP contribution in [0, 0.1) is 19.8 Å². The molecular weight excluding hydrogens is 494 g/mol. The summed E-state index contributed by atoms with van der Waals surface area (Å²) in [6.07, 6.45) is 0.877.